The number of rotatable bonds is 6. The maximum atomic E-state index is 12.1. The highest BCUT2D eigenvalue weighted by Crippen LogP contribution is 2.25. The van der Waals surface area contributed by atoms with E-state index in [0.717, 1.165) is 16.7 Å². The van der Waals surface area contributed by atoms with Gasteiger partial charge < -0.3 is 10.6 Å². The Kier molecular flexibility index (Phi) is 6.70. The van der Waals surface area contributed by atoms with Crippen LogP contribution in [-0.4, -0.2) is 40.8 Å². The number of thioether (sulfide) groups is 1. The molecule has 2 rings (SSSR count). The summed E-state index contributed by atoms with van der Waals surface area (Å²) in [6.45, 7) is 0.386. The fraction of sp³-hybridized carbons (Fsp3) is 0.200. The average molecular weight is 399 g/mol. The summed E-state index contributed by atoms with van der Waals surface area (Å²) in [5, 5.41) is 14.7. The van der Waals surface area contributed by atoms with Gasteiger partial charge in [0.25, 0.3) is 11.1 Å². The number of carbonyl (C=O) groups is 3. The highest BCUT2D eigenvalue weighted by Gasteiger charge is 2.28. The van der Waals surface area contributed by atoms with Crippen LogP contribution >= 0.6 is 35.0 Å². The summed E-state index contributed by atoms with van der Waals surface area (Å²) < 4.78 is 0. The van der Waals surface area contributed by atoms with E-state index in [2.05, 4.69) is 10.6 Å². The van der Waals surface area contributed by atoms with Crippen molar-refractivity contribution in [3.8, 4) is 6.07 Å². The Labute approximate surface area is 157 Å². The lowest BCUT2D eigenvalue weighted by Gasteiger charge is -2.12. The molecule has 130 valence electrons. The maximum absolute atomic E-state index is 12.1. The van der Waals surface area contributed by atoms with Crippen molar-refractivity contribution in [2.45, 2.75) is 0 Å². The zero-order valence-electron chi connectivity index (χ0n) is 12.7. The minimum atomic E-state index is -0.628. The van der Waals surface area contributed by atoms with E-state index in [1.54, 1.807) is 12.1 Å². The molecule has 0 bridgehead atoms. The van der Waals surface area contributed by atoms with Crippen LogP contribution in [0.25, 0.3) is 0 Å². The van der Waals surface area contributed by atoms with Crippen LogP contribution in [0.4, 0.5) is 10.5 Å². The molecule has 0 spiro atoms. The average Bonchev–Trinajstić information content (AvgIpc) is 2.89. The van der Waals surface area contributed by atoms with Gasteiger partial charge in [0.05, 0.1) is 15.8 Å². The molecule has 3 amide bonds. The Morgan fingerprint density at radius 3 is 2.72 bits per heavy atom. The van der Waals surface area contributed by atoms with Gasteiger partial charge in [0, 0.05) is 25.0 Å². The Morgan fingerprint density at radius 2 is 2.12 bits per heavy atom. The summed E-state index contributed by atoms with van der Waals surface area (Å²) in [5.74, 6) is -0.736. The first-order valence-corrected chi connectivity index (χ1v) is 8.73. The zero-order valence-corrected chi connectivity index (χ0v) is 15.0. The molecule has 1 aliphatic heterocycles. The lowest BCUT2D eigenvalue weighted by atomic mass is 10.2. The van der Waals surface area contributed by atoms with Crippen molar-refractivity contribution >= 4 is 57.7 Å². The molecule has 7 nitrogen and oxygen atoms in total. The molecule has 1 aromatic carbocycles. The van der Waals surface area contributed by atoms with Gasteiger partial charge in [0.2, 0.25) is 5.91 Å². The molecule has 0 radical (unpaired) electrons. The summed E-state index contributed by atoms with van der Waals surface area (Å²) >= 11 is 12.6. The summed E-state index contributed by atoms with van der Waals surface area (Å²) in [4.78, 5) is 36.0. The van der Waals surface area contributed by atoms with Crippen LogP contribution in [0, 0.1) is 11.3 Å². The smallest absolute Gasteiger partial charge is 0.288 e. The molecule has 2 N–H and O–H groups in total. The molecule has 0 unspecified atom stereocenters. The van der Waals surface area contributed by atoms with Crippen molar-refractivity contribution in [2.75, 3.05) is 24.2 Å². The van der Waals surface area contributed by atoms with E-state index in [1.165, 1.54) is 18.3 Å². The highest BCUT2D eigenvalue weighted by molar-refractivity contribution is 8.14. The van der Waals surface area contributed by atoms with Crippen molar-refractivity contribution < 1.29 is 14.4 Å². The normalized spacial score (nSPS) is 14.4. The van der Waals surface area contributed by atoms with Crippen LogP contribution in [0.2, 0.25) is 10.0 Å². The standard InChI is InChI=1S/C15H12Cl2N4O3S/c16-11-2-1-10(5-12(11)17)20-14(23)9(6-18)7-19-3-4-21-13(22)8-25-15(21)24/h1-2,5,7,19H,3-4,8H2,(H,20,23)/b9-7-. The van der Waals surface area contributed by atoms with E-state index < -0.39 is 5.91 Å². The summed E-state index contributed by atoms with van der Waals surface area (Å²) in [6, 6.07) is 6.31. The van der Waals surface area contributed by atoms with Gasteiger partial charge >= 0.3 is 0 Å². The maximum Gasteiger partial charge on any atom is 0.288 e. The van der Waals surface area contributed by atoms with E-state index in [-0.39, 0.29) is 40.6 Å². The predicted octanol–water partition coefficient (Wildman–Crippen LogP) is 2.62. The van der Waals surface area contributed by atoms with Gasteiger partial charge in [-0.15, -0.1) is 0 Å². The van der Waals surface area contributed by atoms with Gasteiger partial charge in [-0.1, -0.05) is 35.0 Å². The first-order valence-electron chi connectivity index (χ1n) is 6.99. The number of nitrogens with zero attached hydrogens (tertiary/aromatic N) is 2. The van der Waals surface area contributed by atoms with Gasteiger partial charge in [-0.2, -0.15) is 5.26 Å². The Hall–Kier alpha value is -2.21. The van der Waals surface area contributed by atoms with Gasteiger partial charge in [-0.3, -0.25) is 19.3 Å². The third-order valence-electron chi connectivity index (χ3n) is 3.11. The van der Waals surface area contributed by atoms with Gasteiger partial charge in [0.15, 0.2) is 0 Å². The van der Waals surface area contributed by atoms with Crippen LogP contribution in [0.5, 0.6) is 0 Å². The number of nitrogens with one attached hydrogen (secondary N) is 2. The molecule has 0 aliphatic carbocycles. The molecule has 0 atom stereocenters. The number of halogens is 2. The zero-order chi connectivity index (χ0) is 18.4. The highest BCUT2D eigenvalue weighted by atomic mass is 35.5. The molecule has 1 saturated heterocycles. The van der Waals surface area contributed by atoms with E-state index in [1.807, 2.05) is 0 Å². The van der Waals surface area contributed by atoms with Crippen LogP contribution in [-0.2, 0) is 9.59 Å². The molecule has 25 heavy (non-hydrogen) atoms. The molecular formula is C15H12Cl2N4O3S. The van der Waals surface area contributed by atoms with Crippen LogP contribution in [0.15, 0.2) is 30.0 Å². The molecule has 0 saturated carbocycles. The quantitative estimate of drug-likeness (QED) is 0.433. The molecule has 10 heteroatoms. The van der Waals surface area contributed by atoms with Crippen molar-refractivity contribution in [3.63, 3.8) is 0 Å². The third kappa shape index (κ3) is 5.13. The number of benzene rings is 1. The summed E-state index contributed by atoms with van der Waals surface area (Å²) in [6.07, 6.45) is 1.23. The second-order valence-corrected chi connectivity index (χ2v) is 6.55. The minimum absolute atomic E-state index is 0.143. The second-order valence-electron chi connectivity index (χ2n) is 4.81. The minimum Gasteiger partial charge on any atom is -0.388 e. The number of imide groups is 1. The van der Waals surface area contributed by atoms with E-state index in [0.29, 0.717) is 10.7 Å². The fourth-order valence-corrected chi connectivity index (χ4v) is 2.92. The first-order chi connectivity index (χ1) is 11.9. The van der Waals surface area contributed by atoms with Gasteiger partial charge in [0.1, 0.15) is 11.6 Å². The van der Waals surface area contributed by atoms with Gasteiger partial charge in [-0.05, 0) is 18.2 Å². The van der Waals surface area contributed by atoms with E-state index in [9.17, 15) is 14.4 Å². The lowest BCUT2D eigenvalue weighted by Crippen LogP contribution is -2.34. The molecule has 1 aromatic rings. The monoisotopic (exact) mass is 398 g/mol. The largest absolute Gasteiger partial charge is 0.388 e. The fourth-order valence-electron chi connectivity index (χ4n) is 1.87. The summed E-state index contributed by atoms with van der Waals surface area (Å²) in [5.41, 5.74) is 0.227. The summed E-state index contributed by atoms with van der Waals surface area (Å²) in [7, 11) is 0. The van der Waals surface area contributed by atoms with Crippen molar-refractivity contribution in [1.29, 1.82) is 5.26 Å². The number of nitriles is 1. The molecule has 1 fully saturated rings. The van der Waals surface area contributed by atoms with Crippen molar-refractivity contribution in [2.24, 2.45) is 0 Å². The number of carbonyl (C=O) groups excluding carboxylic acids is 3. The number of amides is 3. The van der Waals surface area contributed by atoms with Gasteiger partial charge in [-0.25, -0.2) is 0 Å². The first kappa shape index (κ1) is 19.1. The van der Waals surface area contributed by atoms with Crippen LogP contribution in [0.1, 0.15) is 0 Å². The Morgan fingerprint density at radius 1 is 1.36 bits per heavy atom. The number of hydrogen-bond donors (Lipinski definition) is 2. The van der Waals surface area contributed by atoms with E-state index >= 15 is 0 Å². The molecule has 1 aliphatic rings. The van der Waals surface area contributed by atoms with Crippen molar-refractivity contribution in [1.82, 2.24) is 10.2 Å². The second kappa shape index (κ2) is 8.76. The SMILES string of the molecule is N#C/C(=C/NCCN1C(=O)CSC1=O)C(=O)Nc1ccc(Cl)c(Cl)c1. The topological polar surface area (TPSA) is 102 Å². The third-order valence-corrected chi connectivity index (χ3v) is 4.71. The predicted molar refractivity (Wildman–Crippen MR) is 96.4 cm³/mol. The lowest BCUT2D eigenvalue weighted by molar-refractivity contribution is -0.124. The number of anilines is 1. The van der Waals surface area contributed by atoms with Crippen LogP contribution in [0.3, 0.4) is 0 Å². The Balaban J connectivity index is 1.89. The number of hydrogen-bond acceptors (Lipinski definition) is 6. The molecular weight excluding hydrogens is 387 g/mol. The van der Waals surface area contributed by atoms with Crippen molar-refractivity contribution in [3.05, 3.63) is 40.0 Å². The Bertz CT molecular complexity index is 775. The molecule has 1 heterocycles. The van der Waals surface area contributed by atoms with Crippen LogP contribution < -0.4 is 10.6 Å². The molecule has 0 aromatic heterocycles. The van der Waals surface area contributed by atoms with E-state index in [4.69, 9.17) is 28.5 Å².